The molecular weight excluding hydrogens is 238 g/mol. The second kappa shape index (κ2) is 6.71. The number of sulfone groups is 1. The molecule has 0 aromatic carbocycles. The van der Waals surface area contributed by atoms with Crippen molar-refractivity contribution in [3.05, 3.63) is 0 Å². The van der Waals surface area contributed by atoms with Gasteiger partial charge in [0, 0.05) is 18.8 Å². The Labute approximate surface area is 105 Å². The lowest BCUT2D eigenvalue weighted by molar-refractivity contribution is 0.0525. The van der Waals surface area contributed by atoms with Crippen LogP contribution in [0.25, 0.3) is 0 Å². The van der Waals surface area contributed by atoms with E-state index in [0.717, 1.165) is 25.8 Å². The summed E-state index contributed by atoms with van der Waals surface area (Å²) in [6.07, 6.45) is 4.06. The Kier molecular flexibility index (Phi) is 5.89. The minimum atomic E-state index is -2.87. The molecule has 1 N–H and O–H groups in total. The zero-order valence-electron chi connectivity index (χ0n) is 10.9. The van der Waals surface area contributed by atoms with Gasteiger partial charge >= 0.3 is 0 Å². The Morgan fingerprint density at radius 1 is 1.29 bits per heavy atom. The van der Waals surface area contributed by atoms with E-state index >= 15 is 0 Å². The summed E-state index contributed by atoms with van der Waals surface area (Å²) >= 11 is 0. The smallest absolute Gasteiger partial charge is 0.151 e. The third-order valence-electron chi connectivity index (χ3n) is 3.64. The topological polar surface area (TPSA) is 57.6 Å². The third-order valence-corrected chi connectivity index (χ3v) is 5.32. The van der Waals surface area contributed by atoms with E-state index in [1.807, 2.05) is 11.9 Å². The number of nitrogens with zero attached hydrogens (tertiary/aromatic N) is 1. The van der Waals surface area contributed by atoms with Crippen LogP contribution in [0.4, 0.5) is 0 Å². The molecule has 0 heterocycles. The second-order valence-electron chi connectivity index (χ2n) is 5.11. The Balaban J connectivity index is 2.31. The first-order valence-corrected chi connectivity index (χ1v) is 8.34. The first-order valence-electron chi connectivity index (χ1n) is 6.51. The predicted octanol–water partition coefficient (Wildman–Crippen LogP) is 0.904. The van der Waals surface area contributed by atoms with Crippen molar-refractivity contribution in [1.29, 1.82) is 0 Å². The van der Waals surface area contributed by atoms with Gasteiger partial charge in [-0.2, -0.15) is 0 Å². The van der Waals surface area contributed by atoms with Crippen LogP contribution in [0.5, 0.6) is 0 Å². The van der Waals surface area contributed by atoms with Gasteiger partial charge in [-0.05, 0) is 25.8 Å². The van der Waals surface area contributed by atoms with Gasteiger partial charge in [0.1, 0.15) is 0 Å². The molecule has 0 amide bonds. The van der Waals surface area contributed by atoms with Crippen LogP contribution in [0.15, 0.2) is 0 Å². The summed E-state index contributed by atoms with van der Waals surface area (Å²) in [5, 5.41) is 9.85. The molecule has 0 spiro atoms. The van der Waals surface area contributed by atoms with Gasteiger partial charge in [0.2, 0.25) is 0 Å². The molecule has 0 bridgehead atoms. The Hall–Kier alpha value is -0.130. The largest absolute Gasteiger partial charge is 0.393 e. The lowest BCUT2D eigenvalue weighted by atomic mass is 9.86. The number of aliphatic hydroxyl groups excluding tert-OH is 1. The third kappa shape index (κ3) is 5.36. The van der Waals surface area contributed by atoms with Crippen molar-refractivity contribution in [1.82, 2.24) is 4.90 Å². The maximum absolute atomic E-state index is 11.4. The van der Waals surface area contributed by atoms with E-state index in [1.54, 1.807) is 6.92 Å². The highest BCUT2D eigenvalue weighted by atomic mass is 32.2. The van der Waals surface area contributed by atoms with Gasteiger partial charge in [0.05, 0.1) is 11.9 Å². The number of aliphatic hydroxyl groups is 1. The fourth-order valence-electron chi connectivity index (χ4n) is 2.33. The van der Waals surface area contributed by atoms with E-state index in [1.165, 1.54) is 6.42 Å². The van der Waals surface area contributed by atoms with Crippen molar-refractivity contribution in [3.63, 3.8) is 0 Å². The van der Waals surface area contributed by atoms with Crippen molar-refractivity contribution in [3.8, 4) is 0 Å². The first-order chi connectivity index (χ1) is 7.94. The molecule has 0 aliphatic heterocycles. The van der Waals surface area contributed by atoms with Crippen LogP contribution in [0.3, 0.4) is 0 Å². The van der Waals surface area contributed by atoms with Crippen molar-refractivity contribution in [2.45, 2.75) is 38.7 Å². The van der Waals surface area contributed by atoms with Crippen LogP contribution in [0.1, 0.15) is 32.6 Å². The Morgan fingerprint density at radius 3 is 2.53 bits per heavy atom. The van der Waals surface area contributed by atoms with Gasteiger partial charge in [0.15, 0.2) is 9.84 Å². The number of hydrogen-bond donors (Lipinski definition) is 1. The van der Waals surface area contributed by atoms with Crippen molar-refractivity contribution in [2.24, 2.45) is 5.92 Å². The molecule has 1 aliphatic rings. The zero-order chi connectivity index (χ0) is 12.9. The molecule has 4 nitrogen and oxygen atoms in total. The predicted molar refractivity (Wildman–Crippen MR) is 69.8 cm³/mol. The van der Waals surface area contributed by atoms with E-state index in [0.29, 0.717) is 12.5 Å². The number of rotatable bonds is 6. The minimum Gasteiger partial charge on any atom is -0.393 e. The highest BCUT2D eigenvalue weighted by Gasteiger charge is 2.24. The molecule has 0 aromatic rings. The summed E-state index contributed by atoms with van der Waals surface area (Å²) in [4.78, 5) is 2.03. The molecule has 1 rings (SSSR count). The van der Waals surface area contributed by atoms with Crippen molar-refractivity contribution < 1.29 is 13.5 Å². The molecule has 0 saturated heterocycles. The van der Waals surface area contributed by atoms with E-state index in [9.17, 15) is 13.5 Å². The van der Waals surface area contributed by atoms with Crippen molar-refractivity contribution >= 4 is 9.84 Å². The van der Waals surface area contributed by atoms with Crippen molar-refractivity contribution in [2.75, 3.05) is 31.6 Å². The normalized spacial score (nSPS) is 26.4. The monoisotopic (exact) mass is 263 g/mol. The van der Waals surface area contributed by atoms with Gasteiger partial charge in [-0.1, -0.05) is 19.8 Å². The Morgan fingerprint density at radius 2 is 1.94 bits per heavy atom. The molecule has 2 unspecified atom stereocenters. The molecule has 0 radical (unpaired) electrons. The average Bonchev–Trinajstić information content (AvgIpc) is 2.30. The summed E-state index contributed by atoms with van der Waals surface area (Å²) in [5.74, 6) is 0.758. The summed E-state index contributed by atoms with van der Waals surface area (Å²) in [5.41, 5.74) is 0. The zero-order valence-corrected chi connectivity index (χ0v) is 11.7. The van der Waals surface area contributed by atoms with E-state index in [4.69, 9.17) is 0 Å². The van der Waals surface area contributed by atoms with Gasteiger partial charge in [0.25, 0.3) is 0 Å². The highest BCUT2D eigenvalue weighted by Crippen LogP contribution is 2.24. The molecule has 1 saturated carbocycles. The molecule has 2 atom stereocenters. The first kappa shape index (κ1) is 14.9. The molecule has 102 valence electrons. The van der Waals surface area contributed by atoms with E-state index in [-0.39, 0.29) is 17.6 Å². The van der Waals surface area contributed by atoms with Gasteiger partial charge in [-0.25, -0.2) is 8.42 Å². The Bertz CT molecular complexity index is 316. The number of hydrogen-bond acceptors (Lipinski definition) is 4. The highest BCUT2D eigenvalue weighted by molar-refractivity contribution is 7.91. The fraction of sp³-hybridized carbons (Fsp3) is 1.00. The quantitative estimate of drug-likeness (QED) is 0.774. The lowest BCUT2D eigenvalue weighted by Gasteiger charge is -2.31. The molecule has 0 aromatic heterocycles. The average molecular weight is 263 g/mol. The molecule has 17 heavy (non-hydrogen) atoms. The summed E-state index contributed by atoms with van der Waals surface area (Å²) in [6.45, 7) is 3.06. The van der Waals surface area contributed by atoms with Gasteiger partial charge < -0.3 is 10.0 Å². The van der Waals surface area contributed by atoms with E-state index in [2.05, 4.69) is 0 Å². The van der Waals surface area contributed by atoms with Gasteiger partial charge in [-0.15, -0.1) is 0 Å². The SMILES string of the molecule is CCS(=O)(=O)CCN(C)CC1CCCCC1O. The van der Waals surface area contributed by atoms with Crippen LogP contribution in [-0.4, -0.2) is 56.2 Å². The summed E-state index contributed by atoms with van der Waals surface area (Å²) in [7, 11) is -0.936. The maximum Gasteiger partial charge on any atom is 0.151 e. The molecule has 5 heteroatoms. The standard InChI is InChI=1S/C12H25NO3S/c1-3-17(15,16)9-8-13(2)10-11-6-4-5-7-12(11)14/h11-12,14H,3-10H2,1-2H3. The lowest BCUT2D eigenvalue weighted by Crippen LogP contribution is -2.37. The molecule has 1 fully saturated rings. The molecular formula is C12H25NO3S. The molecule has 1 aliphatic carbocycles. The summed E-state index contributed by atoms with van der Waals surface area (Å²) in [6, 6.07) is 0. The maximum atomic E-state index is 11.4. The van der Waals surface area contributed by atoms with Crippen LogP contribution in [0.2, 0.25) is 0 Å². The van der Waals surface area contributed by atoms with Crippen LogP contribution in [-0.2, 0) is 9.84 Å². The summed E-state index contributed by atoms with van der Waals surface area (Å²) < 4.78 is 22.8. The second-order valence-corrected chi connectivity index (χ2v) is 7.58. The van der Waals surface area contributed by atoms with E-state index < -0.39 is 9.84 Å². The van der Waals surface area contributed by atoms with Crippen LogP contribution < -0.4 is 0 Å². The minimum absolute atomic E-state index is 0.200. The van der Waals surface area contributed by atoms with Gasteiger partial charge in [-0.3, -0.25) is 0 Å². The van der Waals surface area contributed by atoms with Crippen LogP contribution in [0, 0.1) is 5.92 Å². The fourth-order valence-corrected chi connectivity index (χ4v) is 3.21. The van der Waals surface area contributed by atoms with Crippen LogP contribution >= 0.6 is 0 Å².